The van der Waals surface area contributed by atoms with Gasteiger partial charge in [0.15, 0.2) is 5.78 Å². The molecule has 1 aliphatic carbocycles. The molecule has 0 bridgehead atoms. The second-order valence-corrected chi connectivity index (χ2v) is 5.53. The van der Waals surface area contributed by atoms with Crippen molar-refractivity contribution in [1.29, 1.82) is 0 Å². The zero-order chi connectivity index (χ0) is 14.1. The van der Waals surface area contributed by atoms with Gasteiger partial charge in [-0.15, -0.1) is 0 Å². The van der Waals surface area contributed by atoms with Gasteiger partial charge in [-0.05, 0) is 35.8 Å². The number of carbonyl (C=O) groups is 1. The van der Waals surface area contributed by atoms with E-state index in [1.165, 1.54) is 11.1 Å². The molecule has 0 amide bonds. The van der Waals surface area contributed by atoms with Crippen LogP contribution in [0, 0.1) is 0 Å². The van der Waals surface area contributed by atoms with E-state index in [0.29, 0.717) is 11.8 Å². The van der Waals surface area contributed by atoms with Gasteiger partial charge in [0.25, 0.3) is 0 Å². The lowest BCUT2D eigenvalue weighted by atomic mass is 9.78. The lowest BCUT2D eigenvalue weighted by Crippen LogP contribution is -2.10. The molecule has 0 aromatic heterocycles. The second kappa shape index (κ2) is 5.24. The Bertz CT molecular complexity index is 586. The summed E-state index contributed by atoms with van der Waals surface area (Å²) < 4.78 is 0. The third kappa shape index (κ3) is 1.89. The van der Waals surface area contributed by atoms with E-state index in [9.17, 15) is 4.79 Å². The Kier molecular flexibility index (Phi) is 3.43. The molecule has 0 saturated carbocycles. The Hall–Kier alpha value is -1.89. The van der Waals surface area contributed by atoms with Gasteiger partial charge < -0.3 is 0 Å². The Morgan fingerprint density at radius 1 is 0.750 bits per heavy atom. The van der Waals surface area contributed by atoms with E-state index in [-0.39, 0.29) is 5.78 Å². The van der Waals surface area contributed by atoms with Gasteiger partial charge in [0, 0.05) is 11.1 Å². The minimum atomic E-state index is 0.186. The summed E-state index contributed by atoms with van der Waals surface area (Å²) in [6.45, 7) is 4.45. The monoisotopic (exact) mass is 264 g/mol. The highest BCUT2D eigenvalue weighted by Gasteiger charge is 2.32. The molecule has 2 atom stereocenters. The largest absolute Gasteiger partial charge is 0.289 e. The number of rotatable bonds is 2. The molecular weight excluding hydrogens is 244 g/mol. The number of carbonyl (C=O) groups excluding carboxylic acids is 1. The fraction of sp³-hybridized carbons (Fsp3) is 0.316. The first-order chi connectivity index (χ1) is 9.77. The Labute approximate surface area is 120 Å². The van der Waals surface area contributed by atoms with Gasteiger partial charge >= 0.3 is 0 Å². The molecule has 0 spiro atoms. The fourth-order valence-corrected chi connectivity index (χ4v) is 3.64. The highest BCUT2D eigenvalue weighted by Crippen LogP contribution is 2.43. The van der Waals surface area contributed by atoms with Gasteiger partial charge in [-0.25, -0.2) is 0 Å². The summed E-state index contributed by atoms with van der Waals surface area (Å²) in [6, 6.07) is 16.3. The van der Waals surface area contributed by atoms with Crippen LogP contribution in [0.1, 0.15) is 65.6 Å². The molecule has 0 unspecified atom stereocenters. The van der Waals surface area contributed by atoms with Crippen molar-refractivity contribution in [3.05, 3.63) is 70.8 Å². The minimum absolute atomic E-state index is 0.186. The first kappa shape index (κ1) is 13.1. The number of hydrogen-bond acceptors (Lipinski definition) is 1. The average Bonchev–Trinajstić information content (AvgIpc) is 2.61. The summed E-state index contributed by atoms with van der Waals surface area (Å²) >= 11 is 0. The zero-order valence-electron chi connectivity index (χ0n) is 12.1. The van der Waals surface area contributed by atoms with E-state index in [2.05, 4.69) is 38.1 Å². The maximum Gasteiger partial charge on any atom is 0.193 e. The number of ketones is 1. The molecule has 0 fully saturated rings. The molecule has 0 aliphatic heterocycles. The lowest BCUT2D eigenvalue weighted by molar-refractivity contribution is 0.103. The zero-order valence-corrected chi connectivity index (χ0v) is 12.1. The van der Waals surface area contributed by atoms with Crippen molar-refractivity contribution >= 4 is 5.78 Å². The smallest absolute Gasteiger partial charge is 0.193 e. The standard InChI is InChI=1S/C19H20O/c1-3-13-14(4-2)16-10-6-8-12-18(16)19(20)17-11-7-5-9-15(13)17/h5-14H,3-4H2,1-2H3/t13-,14-/m1/s1. The van der Waals surface area contributed by atoms with Gasteiger partial charge in [-0.3, -0.25) is 4.79 Å². The Morgan fingerprint density at radius 3 is 1.55 bits per heavy atom. The van der Waals surface area contributed by atoms with Crippen molar-refractivity contribution in [1.82, 2.24) is 0 Å². The molecule has 0 heterocycles. The number of benzene rings is 2. The Balaban J connectivity index is 2.30. The minimum Gasteiger partial charge on any atom is -0.289 e. The summed E-state index contributed by atoms with van der Waals surface area (Å²) in [4.78, 5) is 12.9. The van der Waals surface area contributed by atoms with Gasteiger partial charge in [0.2, 0.25) is 0 Å². The van der Waals surface area contributed by atoms with Crippen molar-refractivity contribution in [2.75, 3.05) is 0 Å². The van der Waals surface area contributed by atoms with Crippen molar-refractivity contribution in [3.63, 3.8) is 0 Å². The fourth-order valence-electron chi connectivity index (χ4n) is 3.64. The van der Waals surface area contributed by atoms with Crippen LogP contribution in [0.4, 0.5) is 0 Å². The van der Waals surface area contributed by atoms with Crippen molar-refractivity contribution in [3.8, 4) is 0 Å². The lowest BCUT2D eigenvalue weighted by Gasteiger charge is -2.25. The van der Waals surface area contributed by atoms with Crippen LogP contribution in [0.3, 0.4) is 0 Å². The van der Waals surface area contributed by atoms with Crippen LogP contribution >= 0.6 is 0 Å². The average molecular weight is 264 g/mol. The molecule has 102 valence electrons. The van der Waals surface area contributed by atoms with E-state index < -0.39 is 0 Å². The van der Waals surface area contributed by atoms with Gasteiger partial charge in [-0.1, -0.05) is 62.4 Å². The number of hydrogen-bond donors (Lipinski definition) is 0. The van der Waals surface area contributed by atoms with E-state index in [4.69, 9.17) is 0 Å². The third-order valence-electron chi connectivity index (χ3n) is 4.58. The van der Waals surface area contributed by atoms with Crippen LogP contribution in [0.15, 0.2) is 48.5 Å². The topological polar surface area (TPSA) is 17.1 Å². The highest BCUT2D eigenvalue weighted by molar-refractivity contribution is 6.11. The molecular formula is C19H20O. The molecule has 2 aromatic rings. The van der Waals surface area contributed by atoms with E-state index in [1.54, 1.807) is 0 Å². The molecule has 20 heavy (non-hydrogen) atoms. The normalized spacial score (nSPS) is 21.0. The maximum absolute atomic E-state index is 12.9. The van der Waals surface area contributed by atoms with Gasteiger partial charge in [-0.2, -0.15) is 0 Å². The second-order valence-electron chi connectivity index (χ2n) is 5.53. The SMILES string of the molecule is CC[C@H]1c2ccccc2C(=O)c2ccccc2[C@@H]1CC. The van der Waals surface area contributed by atoms with Crippen LogP contribution < -0.4 is 0 Å². The predicted octanol–water partition coefficient (Wildman–Crippen LogP) is 4.92. The van der Waals surface area contributed by atoms with E-state index in [0.717, 1.165) is 24.0 Å². The molecule has 0 N–H and O–H groups in total. The van der Waals surface area contributed by atoms with Crippen LogP contribution in [0.25, 0.3) is 0 Å². The molecule has 2 aromatic carbocycles. The molecule has 1 nitrogen and oxygen atoms in total. The summed E-state index contributed by atoms with van der Waals surface area (Å²) in [7, 11) is 0. The van der Waals surface area contributed by atoms with Crippen LogP contribution in [0.5, 0.6) is 0 Å². The Morgan fingerprint density at radius 2 is 1.15 bits per heavy atom. The van der Waals surface area contributed by atoms with Crippen LogP contribution in [-0.4, -0.2) is 5.78 Å². The van der Waals surface area contributed by atoms with Crippen LogP contribution in [0.2, 0.25) is 0 Å². The molecule has 0 saturated heterocycles. The predicted molar refractivity (Wildman–Crippen MR) is 82.4 cm³/mol. The first-order valence-electron chi connectivity index (χ1n) is 7.50. The van der Waals surface area contributed by atoms with Crippen molar-refractivity contribution in [2.45, 2.75) is 38.5 Å². The molecule has 1 heteroatoms. The van der Waals surface area contributed by atoms with E-state index >= 15 is 0 Å². The highest BCUT2D eigenvalue weighted by atomic mass is 16.1. The quantitative estimate of drug-likeness (QED) is 0.752. The summed E-state index contributed by atoms with van der Waals surface area (Å²) in [5.74, 6) is 1.05. The summed E-state index contributed by atoms with van der Waals surface area (Å²) in [5.41, 5.74) is 4.23. The summed E-state index contributed by atoms with van der Waals surface area (Å²) in [5, 5.41) is 0. The van der Waals surface area contributed by atoms with Crippen molar-refractivity contribution < 1.29 is 4.79 Å². The number of fused-ring (bicyclic) bond motifs is 2. The third-order valence-corrected chi connectivity index (χ3v) is 4.58. The molecule has 0 radical (unpaired) electrons. The molecule has 3 rings (SSSR count). The van der Waals surface area contributed by atoms with E-state index in [1.807, 2.05) is 24.3 Å². The van der Waals surface area contributed by atoms with Gasteiger partial charge in [0.1, 0.15) is 0 Å². The van der Waals surface area contributed by atoms with Gasteiger partial charge in [0.05, 0.1) is 0 Å². The maximum atomic E-state index is 12.9. The van der Waals surface area contributed by atoms with Crippen molar-refractivity contribution in [2.24, 2.45) is 0 Å². The molecule has 1 aliphatic rings. The van der Waals surface area contributed by atoms with Crippen LogP contribution in [-0.2, 0) is 0 Å². The summed E-state index contributed by atoms with van der Waals surface area (Å²) in [6.07, 6.45) is 2.13. The first-order valence-corrected chi connectivity index (χ1v) is 7.50.